The SMILES string of the molecule is CCS(=O)(=O)Nc1c2c(c(O)c(=O)n1C)C(=O)N(Cc1ccc(F)c(Cl)c1)CC2. The van der Waals surface area contributed by atoms with Crippen LogP contribution < -0.4 is 10.3 Å². The molecule has 2 aromatic rings. The third-order valence-electron chi connectivity index (χ3n) is 4.79. The van der Waals surface area contributed by atoms with Gasteiger partial charge in [-0.3, -0.25) is 18.9 Å². The van der Waals surface area contributed by atoms with E-state index in [2.05, 4.69) is 4.72 Å². The number of amides is 1. The smallest absolute Gasteiger partial charge is 0.294 e. The van der Waals surface area contributed by atoms with Crippen LogP contribution in [0.5, 0.6) is 5.75 Å². The number of hydrogen-bond acceptors (Lipinski definition) is 5. The number of pyridine rings is 1. The van der Waals surface area contributed by atoms with Gasteiger partial charge < -0.3 is 10.0 Å². The Hall–Kier alpha value is -2.59. The summed E-state index contributed by atoms with van der Waals surface area (Å²) in [5.41, 5.74) is -0.303. The molecule has 0 aliphatic carbocycles. The lowest BCUT2D eigenvalue weighted by molar-refractivity contribution is 0.0722. The summed E-state index contributed by atoms with van der Waals surface area (Å²) >= 11 is 5.78. The molecular weight excluding hydrogens is 425 g/mol. The number of halogens is 2. The molecule has 3 rings (SSSR count). The van der Waals surface area contributed by atoms with E-state index in [1.807, 2.05) is 0 Å². The molecule has 0 bridgehead atoms. The van der Waals surface area contributed by atoms with Crippen molar-refractivity contribution < 1.29 is 22.7 Å². The average Bonchev–Trinajstić information content (AvgIpc) is 2.68. The number of benzene rings is 1. The number of fused-ring (bicyclic) bond motifs is 1. The van der Waals surface area contributed by atoms with Crippen LogP contribution in [0.3, 0.4) is 0 Å². The normalized spacial score (nSPS) is 14.1. The highest BCUT2D eigenvalue weighted by molar-refractivity contribution is 7.92. The number of aromatic hydroxyl groups is 1. The largest absolute Gasteiger partial charge is 0.502 e. The van der Waals surface area contributed by atoms with Gasteiger partial charge in [0.2, 0.25) is 10.0 Å². The van der Waals surface area contributed by atoms with E-state index in [1.165, 1.54) is 37.1 Å². The number of aromatic nitrogens is 1. The number of nitrogens with zero attached hydrogens (tertiary/aromatic N) is 2. The first-order valence-corrected chi connectivity index (χ1v) is 10.8. The molecule has 29 heavy (non-hydrogen) atoms. The molecule has 156 valence electrons. The van der Waals surface area contributed by atoms with Gasteiger partial charge in [-0.15, -0.1) is 0 Å². The standard InChI is InChI=1S/C18H19ClFN3O5S/c1-3-29(27,28)21-16-11-6-7-23(9-10-4-5-13(20)12(19)8-10)17(25)14(11)15(24)18(26)22(16)2/h4-5,8,21,24H,3,6-7,9H2,1-2H3. The van der Waals surface area contributed by atoms with Gasteiger partial charge in [0.1, 0.15) is 11.6 Å². The maximum absolute atomic E-state index is 13.4. The van der Waals surface area contributed by atoms with Gasteiger partial charge in [0, 0.05) is 25.7 Å². The number of anilines is 1. The van der Waals surface area contributed by atoms with E-state index in [9.17, 15) is 27.5 Å². The van der Waals surface area contributed by atoms with Crippen molar-refractivity contribution in [1.29, 1.82) is 0 Å². The molecule has 1 amide bonds. The van der Waals surface area contributed by atoms with E-state index in [-0.39, 0.29) is 47.2 Å². The predicted octanol–water partition coefficient (Wildman–Crippen LogP) is 1.84. The van der Waals surface area contributed by atoms with Gasteiger partial charge in [0.25, 0.3) is 11.5 Å². The Labute approximate surface area is 171 Å². The molecule has 0 atom stereocenters. The van der Waals surface area contributed by atoms with Crippen LogP contribution in [0, 0.1) is 5.82 Å². The third-order valence-corrected chi connectivity index (χ3v) is 6.34. The van der Waals surface area contributed by atoms with Crippen molar-refractivity contribution in [1.82, 2.24) is 9.47 Å². The number of sulfonamides is 1. The van der Waals surface area contributed by atoms with Gasteiger partial charge in [-0.1, -0.05) is 17.7 Å². The number of rotatable bonds is 5. The lowest BCUT2D eigenvalue weighted by Gasteiger charge is -2.31. The lowest BCUT2D eigenvalue weighted by atomic mass is 9.98. The fourth-order valence-corrected chi connectivity index (χ4v) is 4.07. The molecule has 1 aliphatic heterocycles. The average molecular weight is 444 g/mol. The molecule has 0 spiro atoms. The van der Waals surface area contributed by atoms with Crippen molar-refractivity contribution in [3.05, 3.63) is 56.1 Å². The van der Waals surface area contributed by atoms with Crippen LogP contribution in [-0.4, -0.2) is 41.2 Å². The fraction of sp³-hybridized carbons (Fsp3) is 0.333. The van der Waals surface area contributed by atoms with Crippen LogP contribution in [0.15, 0.2) is 23.0 Å². The monoisotopic (exact) mass is 443 g/mol. The van der Waals surface area contributed by atoms with E-state index in [4.69, 9.17) is 11.6 Å². The quantitative estimate of drug-likeness (QED) is 0.733. The summed E-state index contributed by atoms with van der Waals surface area (Å²) in [4.78, 5) is 26.7. The van der Waals surface area contributed by atoms with Crippen LogP contribution in [0.2, 0.25) is 5.02 Å². The third kappa shape index (κ3) is 3.95. The van der Waals surface area contributed by atoms with Crippen LogP contribution in [0.1, 0.15) is 28.4 Å². The highest BCUT2D eigenvalue weighted by Gasteiger charge is 2.33. The molecule has 0 fully saturated rings. The predicted molar refractivity (Wildman–Crippen MR) is 106 cm³/mol. The second-order valence-corrected chi connectivity index (χ2v) is 9.06. The lowest BCUT2D eigenvalue weighted by Crippen LogP contribution is -2.40. The Morgan fingerprint density at radius 1 is 1.31 bits per heavy atom. The van der Waals surface area contributed by atoms with E-state index in [0.29, 0.717) is 5.56 Å². The zero-order valence-electron chi connectivity index (χ0n) is 15.7. The molecule has 0 saturated carbocycles. The topological polar surface area (TPSA) is 109 Å². The van der Waals surface area contributed by atoms with Crippen LogP contribution in [0.25, 0.3) is 0 Å². The molecule has 0 radical (unpaired) electrons. The molecule has 11 heteroatoms. The molecular formula is C18H19ClFN3O5S. The van der Waals surface area contributed by atoms with Gasteiger partial charge in [-0.2, -0.15) is 0 Å². The van der Waals surface area contributed by atoms with E-state index < -0.39 is 33.1 Å². The zero-order valence-corrected chi connectivity index (χ0v) is 17.3. The van der Waals surface area contributed by atoms with Crippen molar-refractivity contribution in [2.75, 3.05) is 17.0 Å². The summed E-state index contributed by atoms with van der Waals surface area (Å²) in [7, 11) is -2.40. The molecule has 1 aromatic carbocycles. The summed E-state index contributed by atoms with van der Waals surface area (Å²) in [5, 5.41) is 10.2. The molecule has 0 saturated heterocycles. The van der Waals surface area contributed by atoms with Crippen molar-refractivity contribution in [2.24, 2.45) is 7.05 Å². The first-order chi connectivity index (χ1) is 13.6. The summed E-state index contributed by atoms with van der Waals surface area (Å²) < 4.78 is 40.7. The number of carbonyl (C=O) groups is 1. The van der Waals surface area contributed by atoms with Gasteiger partial charge in [0.05, 0.1) is 16.3 Å². The van der Waals surface area contributed by atoms with E-state index >= 15 is 0 Å². The van der Waals surface area contributed by atoms with Crippen molar-refractivity contribution in [3.8, 4) is 5.75 Å². The Bertz CT molecular complexity index is 1160. The highest BCUT2D eigenvalue weighted by Crippen LogP contribution is 2.31. The van der Waals surface area contributed by atoms with E-state index in [0.717, 1.165) is 4.57 Å². The summed E-state index contributed by atoms with van der Waals surface area (Å²) in [6, 6.07) is 4.06. The second-order valence-electron chi connectivity index (χ2n) is 6.65. The Morgan fingerprint density at radius 3 is 2.62 bits per heavy atom. The minimum Gasteiger partial charge on any atom is -0.502 e. The van der Waals surface area contributed by atoms with Crippen LogP contribution >= 0.6 is 11.6 Å². The second kappa shape index (κ2) is 7.68. The molecule has 1 aliphatic rings. The van der Waals surface area contributed by atoms with Gasteiger partial charge in [-0.25, -0.2) is 12.8 Å². The Morgan fingerprint density at radius 2 is 2.00 bits per heavy atom. The summed E-state index contributed by atoms with van der Waals surface area (Å²) in [6.07, 6.45) is 0.208. The van der Waals surface area contributed by atoms with Crippen LogP contribution in [-0.2, 0) is 30.0 Å². The molecule has 2 N–H and O–H groups in total. The molecule has 2 heterocycles. The fourth-order valence-electron chi connectivity index (χ4n) is 3.17. The van der Waals surface area contributed by atoms with Gasteiger partial charge >= 0.3 is 0 Å². The molecule has 0 unspecified atom stereocenters. The van der Waals surface area contributed by atoms with Crippen molar-refractivity contribution in [3.63, 3.8) is 0 Å². The summed E-state index contributed by atoms with van der Waals surface area (Å²) in [6.45, 7) is 1.73. The van der Waals surface area contributed by atoms with Crippen molar-refractivity contribution in [2.45, 2.75) is 19.9 Å². The highest BCUT2D eigenvalue weighted by atomic mass is 35.5. The zero-order chi connectivity index (χ0) is 21.5. The minimum atomic E-state index is -3.71. The first-order valence-electron chi connectivity index (χ1n) is 8.74. The maximum Gasteiger partial charge on any atom is 0.294 e. The molecule has 8 nitrogen and oxygen atoms in total. The minimum absolute atomic E-state index is 0.0394. The summed E-state index contributed by atoms with van der Waals surface area (Å²) in [5.74, 6) is -2.21. The van der Waals surface area contributed by atoms with Crippen molar-refractivity contribution >= 4 is 33.3 Å². The number of nitrogens with one attached hydrogen (secondary N) is 1. The first kappa shape index (κ1) is 21.1. The van der Waals surface area contributed by atoms with E-state index in [1.54, 1.807) is 0 Å². The van der Waals surface area contributed by atoms with Gasteiger partial charge in [-0.05, 0) is 31.0 Å². The number of hydrogen-bond donors (Lipinski definition) is 2. The van der Waals surface area contributed by atoms with Gasteiger partial charge in [0.15, 0.2) is 5.75 Å². The number of carbonyl (C=O) groups excluding carboxylic acids is 1. The van der Waals surface area contributed by atoms with Crippen LogP contribution in [0.4, 0.5) is 10.2 Å². The molecule has 1 aromatic heterocycles. The Kier molecular flexibility index (Phi) is 5.59. The Balaban J connectivity index is 2.04. The maximum atomic E-state index is 13.4.